The number of para-hydroxylation sites is 1. The number of hydrogen-bond donors (Lipinski definition) is 1. The van der Waals surface area contributed by atoms with Crippen molar-refractivity contribution in [3.05, 3.63) is 35.2 Å². The molecule has 1 aliphatic rings. The number of hydrogen-bond acceptors (Lipinski definition) is 3. The van der Waals surface area contributed by atoms with E-state index >= 15 is 0 Å². The van der Waals surface area contributed by atoms with Crippen molar-refractivity contribution in [3.8, 4) is 0 Å². The van der Waals surface area contributed by atoms with E-state index < -0.39 is 0 Å². The molecule has 1 aliphatic heterocycles. The number of nitrogens with zero attached hydrogens (tertiary/aromatic N) is 2. The normalized spacial score (nSPS) is 19.1. The lowest BCUT2D eigenvalue weighted by atomic mass is 10.1. The summed E-state index contributed by atoms with van der Waals surface area (Å²) in [6, 6.07) is 8.20. The predicted octanol–water partition coefficient (Wildman–Crippen LogP) is 3.28. The summed E-state index contributed by atoms with van der Waals surface area (Å²) < 4.78 is 8.45. The Bertz CT molecular complexity index is 830. The molecule has 0 amide bonds. The zero-order valence-electron chi connectivity index (χ0n) is 11.0. The van der Waals surface area contributed by atoms with Crippen molar-refractivity contribution in [1.82, 2.24) is 14.5 Å². The third-order valence-electron chi connectivity index (χ3n) is 3.97. The smallest absolute Gasteiger partial charge is 0.178 e. The molecular formula is C15H15N3OS. The van der Waals surface area contributed by atoms with Crippen molar-refractivity contribution in [1.29, 1.82) is 0 Å². The molecule has 3 heterocycles. The summed E-state index contributed by atoms with van der Waals surface area (Å²) in [5, 5.41) is 1.15. The fourth-order valence-corrected chi connectivity index (χ4v) is 3.23. The second kappa shape index (κ2) is 4.68. The Morgan fingerprint density at radius 3 is 3.15 bits per heavy atom. The van der Waals surface area contributed by atoms with Gasteiger partial charge in [0.15, 0.2) is 4.77 Å². The van der Waals surface area contributed by atoms with Crippen molar-refractivity contribution >= 4 is 34.2 Å². The summed E-state index contributed by atoms with van der Waals surface area (Å²) in [7, 11) is 0. The second-order valence-corrected chi connectivity index (χ2v) is 5.69. The summed E-state index contributed by atoms with van der Waals surface area (Å²) in [4.78, 5) is 7.75. The molecule has 0 bridgehead atoms. The topological polar surface area (TPSA) is 42.8 Å². The Labute approximate surface area is 121 Å². The maximum Gasteiger partial charge on any atom is 0.178 e. The second-order valence-electron chi connectivity index (χ2n) is 5.31. The first kappa shape index (κ1) is 12.1. The highest BCUT2D eigenvalue weighted by Gasteiger charge is 2.18. The van der Waals surface area contributed by atoms with E-state index in [1.807, 2.05) is 24.4 Å². The SMILES string of the molecule is S=c1[nH]c2cnc3ccccc3c2n1CC1CCOC1. The number of H-pyrrole nitrogens is 1. The molecule has 1 aromatic carbocycles. The monoisotopic (exact) mass is 285 g/mol. The molecule has 4 nitrogen and oxygen atoms in total. The fraction of sp³-hybridized carbons (Fsp3) is 0.333. The average Bonchev–Trinajstić information content (AvgIpc) is 3.08. The molecule has 102 valence electrons. The molecule has 20 heavy (non-hydrogen) atoms. The summed E-state index contributed by atoms with van der Waals surface area (Å²) >= 11 is 5.49. The van der Waals surface area contributed by atoms with Crippen LogP contribution in [0, 0.1) is 10.7 Å². The zero-order valence-corrected chi connectivity index (χ0v) is 11.8. The molecular weight excluding hydrogens is 270 g/mol. The third-order valence-corrected chi connectivity index (χ3v) is 4.29. The number of pyridine rings is 1. The van der Waals surface area contributed by atoms with Gasteiger partial charge in [-0.3, -0.25) is 4.98 Å². The molecule has 0 radical (unpaired) electrons. The van der Waals surface area contributed by atoms with Gasteiger partial charge < -0.3 is 14.3 Å². The van der Waals surface area contributed by atoms with Gasteiger partial charge in [-0.2, -0.15) is 0 Å². The van der Waals surface area contributed by atoms with Gasteiger partial charge in [-0.1, -0.05) is 18.2 Å². The van der Waals surface area contributed by atoms with Crippen molar-refractivity contribution < 1.29 is 4.74 Å². The largest absolute Gasteiger partial charge is 0.381 e. The first-order valence-corrected chi connectivity index (χ1v) is 7.28. The fourth-order valence-electron chi connectivity index (χ4n) is 2.95. The van der Waals surface area contributed by atoms with E-state index in [-0.39, 0.29) is 0 Å². The number of aromatic amines is 1. The van der Waals surface area contributed by atoms with Crippen LogP contribution in [0.5, 0.6) is 0 Å². The lowest BCUT2D eigenvalue weighted by Crippen LogP contribution is -2.10. The van der Waals surface area contributed by atoms with Crippen LogP contribution in [-0.2, 0) is 11.3 Å². The Balaban J connectivity index is 1.95. The quantitative estimate of drug-likeness (QED) is 0.735. The minimum Gasteiger partial charge on any atom is -0.381 e. The Hall–Kier alpha value is -1.72. The molecule has 1 fully saturated rings. The molecule has 4 rings (SSSR count). The van der Waals surface area contributed by atoms with E-state index in [1.54, 1.807) is 0 Å². The van der Waals surface area contributed by atoms with Crippen molar-refractivity contribution in [3.63, 3.8) is 0 Å². The van der Waals surface area contributed by atoms with Crippen LogP contribution >= 0.6 is 12.2 Å². The van der Waals surface area contributed by atoms with Crippen molar-refractivity contribution in [2.24, 2.45) is 5.92 Å². The van der Waals surface area contributed by atoms with Crippen molar-refractivity contribution in [2.75, 3.05) is 13.2 Å². The summed E-state index contributed by atoms with van der Waals surface area (Å²) in [6.45, 7) is 2.60. The van der Waals surface area contributed by atoms with Crippen LogP contribution in [0.15, 0.2) is 30.5 Å². The maximum absolute atomic E-state index is 5.49. The van der Waals surface area contributed by atoms with Crippen LogP contribution in [0.25, 0.3) is 21.9 Å². The molecule has 0 spiro atoms. The van der Waals surface area contributed by atoms with Crippen LogP contribution in [0.1, 0.15) is 6.42 Å². The number of aromatic nitrogens is 3. The van der Waals surface area contributed by atoms with Crippen LogP contribution in [0.4, 0.5) is 0 Å². The van der Waals surface area contributed by atoms with Gasteiger partial charge in [0.25, 0.3) is 0 Å². The molecule has 2 aromatic heterocycles. The van der Waals surface area contributed by atoms with E-state index in [1.165, 1.54) is 0 Å². The highest BCUT2D eigenvalue weighted by atomic mass is 32.1. The highest BCUT2D eigenvalue weighted by Crippen LogP contribution is 2.25. The van der Waals surface area contributed by atoms with Crippen LogP contribution in [-0.4, -0.2) is 27.7 Å². The minimum absolute atomic E-state index is 0.549. The van der Waals surface area contributed by atoms with Gasteiger partial charge in [0.1, 0.15) is 0 Å². The van der Waals surface area contributed by atoms with E-state index in [0.29, 0.717) is 5.92 Å². The van der Waals surface area contributed by atoms with Gasteiger partial charge in [0.05, 0.1) is 29.4 Å². The van der Waals surface area contributed by atoms with E-state index in [2.05, 4.69) is 20.6 Å². The average molecular weight is 285 g/mol. The molecule has 0 saturated carbocycles. The van der Waals surface area contributed by atoms with Crippen LogP contribution in [0.3, 0.4) is 0 Å². The van der Waals surface area contributed by atoms with E-state index in [9.17, 15) is 0 Å². The van der Waals surface area contributed by atoms with Gasteiger partial charge in [-0.25, -0.2) is 0 Å². The Kier molecular flexibility index (Phi) is 2.82. The van der Waals surface area contributed by atoms with E-state index in [4.69, 9.17) is 17.0 Å². The number of imidazole rings is 1. The third kappa shape index (κ3) is 1.85. The van der Waals surface area contributed by atoms with Gasteiger partial charge in [-0.15, -0.1) is 0 Å². The highest BCUT2D eigenvalue weighted by molar-refractivity contribution is 7.71. The van der Waals surface area contributed by atoms with Gasteiger partial charge in [0.2, 0.25) is 0 Å². The summed E-state index contributed by atoms with van der Waals surface area (Å²) in [5.74, 6) is 0.549. The minimum atomic E-state index is 0.549. The van der Waals surface area contributed by atoms with Gasteiger partial charge >= 0.3 is 0 Å². The van der Waals surface area contributed by atoms with Crippen LogP contribution < -0.4 is 0 Å². The molecule has 1 atom stereocenters. The summed E-state index contributed by atoms with van der Waals surface area (Å²) in [5.41, 5.74) is 3.17. The van der Waals surface area contributed by atoms with E-state index in [0.717, 1.165) is 52.9 Å². The first-order chi connectivity index (χ1) is 9.83. The molecule has 0 aliphatic carbocycles. The first-order valence-electron chi connectivity index (χ1n) is 6.87. The Morgan fingerprint density at radius 1 is 1.40 bits per heavy atom. The number of ether oxygens (including phenoxy) is 1. The molecule has 1 N–H and O–H groups in total. The molecule has 3 aromatic rings. The lowest BCUT2D eigenvalue weighted by Gasteiger charge is -2.10. The van der Waals surface area contributed by atoms with Crippen molar-refractivity contribution in [2.45, 2.75) is 13.0 Å². The lowest BCUT2D eigenvalue weighted by molar-refractivity contribution is 0.182. The molecule has 5 heteroatoms. The summed E-state index contributed by atoms with van der Waals surface area (Å²) in [6.07, 6.45) is 2.98. The van der Waals surface area contributed by atoms with Gasteiger partial charge in [0, 0.05) is 24.5 Å². The predicted molar refractivity (Wildman–Crippen MR) is 81.3 cm³/mol. The zero-order chi connectivity index (χ0) is 13.5. The van der Waals surface area contributed by atoms with Gasteiger partial charge in [-0.05, 0) is 24.7 Å². The maximum atomic E-state index is 5.49. The number of nitrogens with one attached hydrogen (secondary N) is 1. The number of benzene rings is 1. The molecule has 1 saturated heterocycles. The van der Waals surface area contributed by atoms with Crippen LogP contribution in [0.2, 0.25) is 0 Å². The standard InChI is InChI=1S/C15H15N3OS/c20-15-17-13-7-16-12-4-2-1-3-11(12)14(13)18(15)8-10-5-6-19-9-10/h1-4,7,10H,5-6,8-9H2,(H,17,20). The molecule has 1 unspecified atom stereocenters. The Morgan fingerprint density at radius 2 is 2.30 bits per heavy atom. The number of fused-ring (bicyclic) bond motifs is 3. The number of rotatable bonds is 2.